The van der Waals surface area contributed by atoms with Crippen LogP contribution in [0.4, 0.5) is 0 Å². The van der Waals surface area contributed by atoms with E-state index in [-0.39, 0.29) is 12.8 Å². The fourth-order valence-electron chi connectivity index (χ4n) is 7.89. The zero-order chi connectivity index (χ0) is 47.8. The Morgan fingerprint density at radius 3 is 1.34 bits per heavy atom. The summed E-state index contributed by atoms with van der Waals surface area (Å²) in [7, 11) is -5.12. The number of hydrogen-bond donors (Lipinski definition) is 6. The highest BCUT2D eigenvalue weighted by molar-refractivity contribution is 7.47. The summed E-state index contributed by atoms with van der Waals surface area (Å²) in [5.74, 6) is -1.11. The summed E-state index contributed by atoms with van der Waals surface area (Å²) in [5.41, 5.74) is 0. The van der Waals surface area contributed by atoms with Crippen LogP contribution >= 0.6 is 7.82 Å². The van der Waals surface area contributed by atoms with Gasteiger partial charge in [0.05, 0.1) is 6.61 Å². The van der Waals surface area contributed by atoms with Crippen LogP contribution in [0.1, 0.15) is 219 Å². The predicted octanol–water partition coefficient (Wildman–Crippen LogP) is 11.0. The molecule has 1 aliphatic carbocycles. The summed E-state index contributed by atoms with van der Waals surface area (Å²) in [5, 5.41) is 50.2. The number of hydrogen-bond acceptors (Lipinski definition) is 12. The van der Waals surface area contributed by atoms with Crippen molar-refractivity contribution < 1.29 is 63.1 Å². The summed E-state index contributed by atoms with van der Waals surface area (Å²) in [4.78, 5) is 35.8. The van der Waals surface area contributed by atoms with E-state index in [0.717, 1.165) is 70.6 Å². The van der Waals surface area contributed by atoms with E-state index in [4.69, 9.17) is 18.5 Å². The zero-order valence-corrected chi connectivity index (χ0v) is 41.4. The van der Waals surface area contributed by atoms with Gasteiger partial charge in [-0.1, -0.05) is 198 Å². The van der Waals surface area contributed by atoms with Gasteiger partial charge in [-0.15, -0.1) is 0 Å². The molecule has 8 atom stereocenters. The fourth-order valence-corrected chi connectivity index (χ4v) is 8.86. The highest BCUT2D eigenvalue weighted by atomic mass is 31.2. The van der Waals surface area contributed by atoms with E-state index in [2.05, 4.69) is 50.3 Å². The molecule has 0 bridgehead atoms. The maximum absolute atomic E-state index is 12.8. The monoisotopic (exact) mass is 945 g/mol. The molecule has 1 aliphatic rings. The lowest BCUT2D eigenvalue weighted by Crippen LogP contribution is -2.64. The van der Waals surface area contributed by atoms with E-state index >= 15 is 0 Å². The van der Waals surface area contributed by atoms with Crippen molar-refractivity contribution in [3.63, 3.8) is 0 Å². The number of esters is 2. The van der Waals surface area contributed by atoms with Crippen molar-refractivity contribution in [2.24, 2.45) is 0 Å². The van der Waals surface area contributed by atoms with Crippen LogP contribution in [-0.2, 0) is 32.7 Å². The largest absolute Gasteiger partial charge is 0.472 e. The Balaban J connectivity index is 2.37. The molecular weight excluding hydrogens is 852 g/mol. The Labute approximate surface area is 393 Å². The van der Waals surface area contributed by atoms with Crippen molar-refractivity contribution in [1.29, 1.82) is 0 Å². The second-order valence-electron chi connectivity index (χ2n) is 18.0. The number of aliphatic hydroxyl groups is 5. The molecule has 13 nitrogen and oxygen atoms in total. The first-order valence-electron chi connectivity index (χ1n) is 25.8. The third-order valence-corrected chi connectivity index (χ3v) is 13.0. The van der Waals surface area contributed by atoms with Crippen LogP contribution in [0.2, 0.25) is 0 Å². The second-order valence-corrected chi connectivity index (χ2v) is 19.4. The quantitative estimate of drug-likeness (QED) is 0.0146. The Bertz CT molecular complexity index is 1280. The van der Waals surface area contributed by atoms with Crippen LogP contribution in [0.25, 0.3) is 0 Å². The van der Waals surface area contributed by atoms with Gasteiger partial charge in [0.1, 0.15) is 43.2 Å². The minimum atomic E-state index is -5.12. The van der Waals surface area contributed by atoms with Crippen LogP contribution in [0.15, 0.2) is 36.5 Å². The highest BCUT2D eigenvalue weighted by Crippen LogP contribution is 2.47. The number of unbranched alkanes of at least 4 members (excludes halogenated alkanes) is 25. The Morgan fingerprint density at radius 1 is 0.492 bits per heavy atom. The third kappa shape index (κ3) is 33.3. The van der Waals surface area contributed by atoms with E-state index in [0.29, 0.717) is 12.8 Å². The summed E-state index contributed by atoms with van der Waals surface area (Å²) >= 11 is 0. The lowest BCUT2D eigenvalue weighted by Gasteiger charge is -2.41. The van der Waals surface area contributed by atoms with Crippen LogP contribution in [0, 0.1) is 0 Å². The number of carbonyl (C=O) groups is 2. The predicted molar refractivity (Wildman–Crippen MR) is 258 cm³/mol. The van der Waals surface area contributed by atoms with E-state index in [1.165, 1.54) is 109 Å². The highest BCUT2D eigenvalue weighted by Gasteiger charge is 2.51. The molecule has 0 aliphatic heterocycles. The van der Waals surface area contributed by atoms with Gasteiger partial charge in [0.15, 0.2) is 6.10 Å². The molecule has 1 saturated carbocycles. The van der Waals surface area contributed by atoms with Gasteiger partial charge in [-0.25, -0.2) is 4.57 Å². The average molecular weight is 945 g/mol. The van der Waals surface area contributed by atoms with Crippen molar-refractivity contribution in [1.82, 2.24) is 0 Å². The van der Waals surface area contributed by atoms with Gasteiger partial charge in [0.25, 0.3) is 0 Å². The minimum absolute atomic E-state index is 0.0788. The molecule has 6 N–H and O–H groups in total. The number of phosphoric ester groups is 1. The first kappa shape index (κ1) is 61.1. The number of ether oxygens (including phenoxy) is 2. The van der Waals surface area contributed by atoms with Gasteiger partial charge in [-0.05, 0) is 44.9 Å². The molecule has 0 saturated heterocycles. The minimum Gasteiger partial charge on any atom is -0.462 e. The number of allylic oxidation sites excluding steroid dienone is 6. The van der Waals surface area contributed by atoms with Gasteiger partial charge < -0.3 is 39.9 Å². The topological polar surface area (TPSA) is 210 Å². The van der Waals surface area contributed by atoms with Gasteiger partial charge in [0, 0.05) is 12.8 Å². The zero-order valence-electron chi connectivity index (χ0n) is 40.5. The van der Waals surface area contributed by atoms with Gasteiger partial charge in [0.2, 0.25) is 0 Å². The van der Waals surface area contributed by atoms with E-state index in [9.17, 15) is 44.6 Å². The molecular formula is C51H93O13P. The maximum atomic E-state index is 12.8. The number of aliphatic hydroxyl groups excluding tert-OH is 5. The van der Waals surface area contributed by atoms with E-state index < -0.39 is 75.7 Å². The number of rotatable bonds is 43. The molecule has 0 aromatic heterocycles. The van der Waals surface area contributed by atoms with Crippen molar-refractivity contribution >= 4 is 19.8 Å². The van der Waals surface area contributed by atoms with E-state index in [1.807, 2.05) is 0 Å². The second kappa shape index (κ2) is 41.1. The Morgan fingerprint density at radius 2 is 0.877 bits per heavy atom. The lowest BCUT2D eigenvalue weighted by molar-refractivity contribution is -0.220. The summed E-state index contributed by atoms with van der Waals surface area (Å²) in [6, 6.07) is 0. The van der Waals surface area contributed by atoms with Gasteiger partial charge in [-0.2, -0.15) is 0 Å². The molecule has 0 heterocycles. The standard InChI is InChI=1S/C51H93O13P/c1-3-5-7-9-11-13-15-17-19-20-21-22-23-24-26-27-29-31-33-35-37-39-44(52)61-41-43(42-62-65(59,60)64-51-49(57)47(55)46(54)48(56)50(51)58)63-45(53)40-38-36-34-32-30-28-25-18-16-14-12-10-8-6-4-2/h6,8,12,14,18,25,43,46-51,54-58H,3-5,7,9-11,13,15-17,19-24,26-42H2,1-2H3,(H,59,60)/b8-6+,14-12+,25-18+/t43-,46?,47-,48?,49?,50?,51?/m0/s1. The Kier molecular flexibility index (Phi) is 38.6. The van der Waals surface area contributed by atoms with Crippen LogP contribution in [0.5, 0.6) is 0 Å². The summed E-state index contributed by atoms with van der Waals surface area (Å²) < 4.78 is 33.6. The first-order valence-corrected chi connectivity index (χ1v) is 27.3. The van der Waals surface area contributed by atoms with Gasteiger partial charge in [-0.3, -0.25) is 18.6 Å². The maximum Gasteiger partial charge on any atom is 0.472 e. The number of phosphoric acid groups is 1. The molecule has 0 radical (unpaired) electrons. The molecule has 65 heavy (non-hydrogen) atoms. The molecule has 1 fully saturated rings. The smallest absolute Gasteiger partial charge is 0.462 e. The molecule has 14 heteroatoms. The summed E-state index contributed by atoms with van der Waals surface area (Å²) in [6.07, 6.45) is 34.8. The van der Waals surface area contributed by atoms with Crippen molar-refractivity contribution in [2.75, 3.05) is 13.2 Å². The van der Waals surface area contributed by atoms with E-state index in [1.54, 1.807) is 0 Å². The van der Waals surface area contributed by atoms with Crippen molar-refractivity contribution in [2.45, 2.75) is 262 Å². The number of carbonyl (C=O) groups excluding carboxylic acids is 2. The molecule has 6 unspecified atom stereocenters. The summed E-state index contributed by atoms with van der Waals surface area (Å²) in [6.45, 7) is 3.20. The van der Waals surface area contributed by atoms with Crippen LogP contribution in [-0.4, -0.2) is 98.3 Å². The molecule has 0 amide bonds. The normalized spacial score (nSPS) is 21.7. The fraction of sp³-hybridized carbons (Fsp3) is 0.843. The van der Waals surface area contributed by atoms with Gasteiger partial charge >= 0.3 is 19.8 Å². The van der Waals surface area contributed by atoms with Crippen molar-refractivity contribution in [3.05, 3.63) is 36.5 Å². The molecule has 0 spiro atoms. The molecule has 380 valence electrons. The van der Waals surface area contributed by atoms with Crippen LogP contribution in [0.3, 0.4) is 0 Å². The Hall–Kier alpha value is -1.93. The SMILES string of the molecule is CC/C=C/C/C=C/C/C=C/CCCCCCCC(=O)O[C@@H](COC(=O)CCCCCCCCCCCCCCCCCCCCCCC)COP(=O)(O)OC1C(O)C(O)C(O)[C@H](O)C1O. The van der Waals surface area contributed by atoms with Crippen LogP contribution < -0.4 is 0 Å². The lowest BCUT2D eigenvalue weighted by atomic mass is 9.85. The first-order chi connectivity index (χ1) is 31.4. The molecule has 0 aromatic carbocycles. The molecule has 1 rings (SSSR count). The third-order valence-electron chi connectivity index (χ3n) is 12.0. The molecule has 0 aromatic rings. The average Bonchev–Trinajstić information content (AvgIpc) is 3.29. The van der Waals surface area contributed by atoms with Crippen molar-refractivity contribution in [3.8, 4) is 0 Å².